The normalized spacial score (nSPS) is 17.6. The first kappa shape index (κ1) is 33.9. The van der Waals surface area contributed by atoms with Crippen molar-refractivity contribution in [2.75, 3.05) is 0 Å². The van der Waals surface area contributed by atoms with Gasteiger partial charge in [0.25, 0.3) is 0 Å². The van der Waals surface area contributed by atoms with E-state index < -0.39 is 0 Å². The Kier molecular flexibility index (Phi) is 7.75. The topological polar surface area (TPSA) is 29.6 Å². The van der Waals surface area contributed by atoms with Gasteiger partial charge in [-0.15, -0.1) is 11.3 Å². The number of aromatic nitrogens is 1. The van der Waals surface area contributed by atoms with Crippen LogP contribution in [0.4, 0.5) is 0 Å². The fraction of sp³-hybridized carbons (Fsp3) is 0.0545. The van der Waals surface area contributed by atoms with Gasteiger partial charge in [-0.2, -0.15) is 0 Å². The van der Waals surface area contributed by atoms with Gasteiger partial charge in [-0.05, 0) is 86.8 Å². The lowest BCUT2D eigenvalue weighted by Crippen LogP contribution is -2.17. The third-order valence-electron chi connectivity index (χ3n) is 12.2. The summed E-state index contributed by atoms with van der Waals surface area (Å²) >= 11 is 1.86. The van der Waals surface area contributed by atoms with E-state index in [9.17, 15) is 0 Å². The molecule has 0 fully saturated rings. The molecule has 11 aromatic rings. The first-order valence-electron chi connectivity index (χ1n) is 20.4. The summed E-state index contributed by atoms with van der Waals surface area (Å²) in [7, 11) is 0. The number of para-hydroxylation sites is 1. The second kappa shape index (κ2) is 13.5. The minimum absolute atomic E-state index is 0.125. The lowest BCUT2D eigenvalue weighted by molar-refractivity contribution is 0.790. The van der Waals surface area contributed by atoms with Gasteiger partial charge in [0, 0.05) is 48.0 Å². The lowest BCUT2D eigenvalue weighted by Gasteiger charge is -2.21. The Balaban J connectivity index is 1.18. The second-order valence-corrected chi connectivity index (χ2v) is 16.8. The molecule has 0 saturated heterocycles. The Bertz CT molecular complexity index is 3610. The van der Waals surface area contributed by atoms with Crippen LogP contribution in [0.15, 0.2) is 198 Å². The molecular weight excluding hydrogens is 735 g/mol. The average molecular weight is 772 g/mol. The molecule has 59 heavy (non-hydrogen) atoms. The number of allylic oxidation sites excluding steroid dienone is 1. The van der Waals surface area contributed by atoms with Crippen LogP contribution < -0.4 is 0 Å². The Labute approximate surface area is 345 Å². The molecule has 2 aromatic heterocycles. The number of benzene rings is 9. The molecule has 0 aliphatic carbocycles. The highest BCUT2D eigenvalue weighted by Crippen LogP contribution is 2.45. The van der Waals surface area contributed by atoms with Crippen LogP contribution in [0.1, 0.15) is 30.0 Å². The molecule has 9 aromatic carbocycles. The molecule has 278 valence electrons. The van der Waals surface area contributed by atoms with Gasteiger partial charge in [0.1, 0.15) is 0 Å². The zero-order valence-corrected chi connectivity index (χ0v) is 33.2. The monoisotopic (exact) mass is 771 g/mol. The zero-order valence-electron chi connectivity index (χ0n) is 32.4. The van der Waals surface area contributed by atoms with Crippen LogP contribution in [-0.2, 0) is 0 Å². The van der Waals surface area contributed by atoms with E-state index in [-0.39, 0.29) is 5.92 Å². The molecule has 1 aliphatic heterocycles. The van der Waals surface area contributed by atoms with Gasteiger partial charge in [0.2, 0.25) is 0 Å². The third-order valence-corrected chi connectivity index (χ3v) is 13.4. The molecule has 1 aliphatic rings. The molecule has 12 rings (SSSR count). The van der Waals surface area contributed by atoms with Gasteiger partial charge >= 0.3 is 0 Å². The highest BCUT2D eigenvalue weighted by Gasteiger charge is 2.25. The second-order valence-electron chi connectivity index (χ2n) is 15.7. The van der Waals surface area contributed by atoms with Crippen LogP contribution in [0.5, 0.6) is 0 Å². The predicted octanol–water partition coefficient (Wildman–Crippen LogP) is 14.9. The number of fused-ring (bicyclic) bond motifs is 9. The summed E-state index contributed by atoms with van der Waals surface area (Å²) in [5.74, 6) is 0.845. The van der Waals surface area contributed by atoms with Crippen LogP contribution in [-0.4, -0.2) is 16.1 Å². The summed E-state index contributed by atoms with van der Waals surface area (Å²) < 4.78 is 5.05. The zero-order chi connectivity index (χ0) is 39.0. The lowest BCUT2D eigenvalue weighted by atomic mass is 9.91. The van der Waals surface area contributed by atoms with E-state index in [1.54, 1.807) is 0 Å². The minimum atomic E-state index is 0.125. The minimum Gasteiger partial charge on any atom is -0.308 e. The van der Waals surface area contributed by atoms with Crippen molar-refractivity contribution in [2.24, 2.45) is 15.9 Å². The fourth-order valence-electron chi connectivity index (χ4n) is 9.35. The van der Waals surface area contributed by atoms with E-state index in [2.05, 4.69) is 200 Å². The summed E-state index contributed by atoms with van der Waals surface area (Å²) in [5.41, 5.74) is 8.73. The number of hydrogen-bond acceptors (Lipinski definition) is 3. The van der Waals surface area contributed by atoms with Crippen molar-refractivity contribution in [1.82, 2.24) is 4.57 Å². The number of hydrogen-bond donors (Lipinski definition) is 0. The summed E-state index contributed by atoms with van der Waals surface area (Å²) in [5, 5.41) is 12.2. The smallest absolute Gasteiger partial charge is 0.160 e. The molecule has 0 bridgehead atoms. The quantitative estimate of drug-likeness (QED) is 0.171. The molecule has 0 radical (unpaired) electrons. The van der Waals surface area contributed by atoms with Crippen molar-refractivity contribution >= 4 is 103 Å². The van der Waals surface area contributed by atoms with Gasteiger partial charge in [0.15, 0.2) is 5.84 Å². The molecule has 3 heterocycles. The molecule has 4 heteroatoms. The van der Waals surface area contributed by atoms with Gasteiger partial charge < -0.3 is 4.57 Å². The molecule has 0 amide bonds. The predicted molar refractivity (Wildman–Crippen MR) is 254 cm³/mol. The van der Waals surface area contributed by atoms with E-state index >= 15 is 0 Å². The standard InChI is InChI=1S/C55H37N3S/c1-34-25-29-47(56-55(43-22-12-18-36-14-6-7-19-41(36)43)57-53(34)40-27-26-35-13-2-3-15-37(35)31-40)44-28-30-51-52(45-21-9-11-24-50(45)59-51)54(44)58-48-23-10-8-20-42(48)46-32-38-16-4-5-17-39(38)33-49(46)58/h2-24,26-34H,25H2,1H3/b47-29+,56-55-,57-53+. The van der Waals surface area contributed by atoms with Gasteiger partial charge in [-0.3, -0.25) is 0 Å². The number of aliphatic imine (C=N–C) groups is 2. The van der Waals surface area contributed by atoms with Crippen LogP contribution in [0.25, 0.3) is 85.7 Å². The van der Waals surface area contributed by atoms with Gasteiger partial charge in [-0.25, -0.2) is 9.98 Å². The summed E-state index contributed by atoms with van der Waals surface area (Å²) in [6, 6.07) is 66.2. The molecule has 0 saturated carbocycles. The Morgan fingerprint density at radius 1 is 0.492 bits per heavy atom. The van der Waals surface area contributed by atoms with Gasteiger partial charge in [-0.1, -0.05) is 153 Å². The van der Waals surface area contributed by atoms with Crippen LogP contribution >= 0.6 is 11.3 Å². The number of thiophene rings is 1. The van der Waals surface area contributed by atoms with E-state index in [0.29, 0.717) is 0 Å². The number of nitrogens with zero attached hydrogens (tertiary/aromatic N) is 3. The maximum atomic E-state index is 5.73. The van der Waals surface area contributed by atoms with Crippen molar-refractivity contribution in [3.05, 3.63) is 205 Å². The molecular formula is C55H37N3S. The SMILES string of the molecule is CC1C/C=C(c2ccc3sc4ccccc4c3c2-n2c3ccccc3c3cc4ccccc4cc32)/N=C(c2cccc3ccccc23)\N=C/1c1ccc2ccccc2c1. The number of rotatable bonds is 4. The summed E-state index contributed by atoms with van der Waals surface area (Å²) in [6.07, 6.45) is 3.15. The van der Waals surface area contributed by atoms with Crippen molar-refractivity contribution < 1.29 is 0 Å². The Hall–Kier alpha value is -7.14. The summed E-state index contributed by atoms with van der Waals surface area (Å²) in [4.78, 5) is 11.4. The van der Waals surface area contributed by atoms with Crippen LogP contribution in [0, 0.1) is 5.92 Å². The first-order chi connectivity index (χ1) is 29.2. The highest BCUT2D eigenvalue weighted by atomic mass is 32.1. The highest BCUT2D eigenvalue weighted by molar-refractivity contribution is 7.25. The van der Waals surface area contributed by atoms with Crippen LogP contribution in [0.2, 0.25) is 0 Å². The van der Waals surface area contributed by atoms with Gasteiger partial charge in [0.05, 0.1) is 28.1 Å². The Morgan fingerprint density at radius 3 is 2.02 bits per heavy atom. The van der Waals surface area contributed by atoms with Crippen LogP contribution in [0.3, 0.4) is 0 Å². The van der Waals surface area contributed by atoms with Crippen molar-refractivity contribution in [3.63, 3.8) is 0 Å². The maximum absolute atomic E-state index is 5.73. The summed E-state index contributed by atoms with van der Waals surface area (Å²) in [6.45, 7) is 2.31. The molecule has 0 spiro atoms. The van der Waals surface area contributed by atoms with E-state index in [4.69, 9.17) is 9.98 Å². The van der Waals surface area contributed by atoms with E-state index in [0.717, 1.165) is 51.4 Å². The molecule has 1 unspecified atom stereocenters. The van der Waals surface area contributed by atoms with Crippen molar-refractivity contribution in [1.29, 1.82) is 0 Å². The maximum Gasteiger partial charge on any atom is 0.160 e. The third kappa shape index (κ3) is 5.48. The number of amidine groups is 1. The molecule has 1 atom stereocenters. The molecule has 3 nitrogen and oxygen atoms in total. The molecule has 0 N–H and O–H groups in total. The van der Waals surface area contributed by atoms with Crippen molar-refractivity contribution in [2.45, 2.75) is 13.3 Å². The van der Waals surface area contributed by atoms with E-state index in [1.165, 1.54) is 68.9 Å². The fourth-order valence-corrected chi connectivity index (χ4v) is 10.5. The average Bonchev–Trinajstić information content (AvgIpc) is 3.82. The first-order valence-corrected chi connectivity index (χ1v) is 21.2. The largest absolute Gasteiger partial charge is 0.308 e. The Morgan fingerprint density at radius 2 is 1.17 bits per heavy atom. The van der Waals surface area contributed by atoms with Crippen molar-refractivity contribution in [3.8, 4) is 5.69 Å². The van der Waals surface area contributed by atoms with E-state index in [1.807, 2.05) is 11.3 Å².